The number of fused-ring (bicyclic) bond motifs is 1. The molecule has 21 heavy (non-hydrogen) atoms. The summed E-state index contributed by atoms with van der Waals surface area (Å²) in [6.07, 6.45) is 2.59. The third kappa shape index (κ3) is 2.05. The van der Waals surface area contributed by atoms with E-state index in [1.165, 1.54) is 5.56 Å². The fourth-order valence-electron chi connectivity index (χ4n) is 3.10. The predicted molar refractivity (Wildman–Crippen MR) is 76.9 cm³/mol. The minimum absolute atomic E-state index is 0.191. The number of piperidine rings is 1. The Morgan fingerprint density at radius 3 is 2.76 bits per heavy atom. The van der Waals surface area contributed by atoms with E-state index in [1.54, 1.807) is 6.26 Å². The van der Waals surface area contributed by atoms with Gasteiger partial charge in [0.25, 0.3) is 0 Å². The van der Waals surface area contributed by atoms with Gasteiger partial charge < -0.3 is 9.73 Å². The van der Waals surface area contributed by atoms with Gasteiger partial charge in [-0.3, -0.25) is 14.9 Å². The van der Waals surface area contributed by atoms with Crippen molar-refractivity contribution in [2.45, 2.75) is 24.7 Å². The van der Waals surface area contributed by atoms with Crippen LogP contribution in [0.25, 0.3) is 11.0 Å². The van der Waals surface area contributed by atoms with E-state index in [1.807, 2.05) is 6.07 Å². The SMILES string of the molecule is O=C1CCC(c2coc3cc(C4CNC4)ccc23)C(=O)N1. The highest BCUT2D eigenvalue weighted by Gasteiger charge is 2.30. The Bertz CT molecular complexity index is 730. The van der Waals surface area contributed by atoms with Gasteiger partial charge in [-0.1, -0.05) is 12.1 Å². The standard InChI is InChI=1S/C16H16N2O3/c19-15-4-3-12(16(20)18-15)13-8-21-14-5-9(1-2-11(13)14)10-6-17-7-10/h1-2,5,8,10,12,17H,3-4,6-7H2,(H,18,19,20). The zero-order valence-corrected chi connectivity index (χ0v) is 11.5. The van der Waals surface area contributed by atoms with Gasteiger partial charge in [0, 0.05) is 36.4 Å². The van der Waals surface area contributed by atoms with E-state index in [9.17, 15) is 9.59 Å². The highest BCUT2D eigenvalue weighted by Crippen LogP contribution is 2.34. The van der Waals surface area contributed by atoms with Gasteiger partial charge in [0.05, 0.1) is 12.2 Å². The van der Waals surface area contributed by atoms with Crippen LogP contribution in [0.2, 0.25) is 0 Å². The maximum Gasteiger partial charge on any atom is 0.234 e. The molecule has 2 aromatic rings. The van der Waals surface area contributed by atoms with Gasteiger partial charge in [-0.05, 0) is 18.1 Å². The van der Waals surface area contributed by atoms with Crippen LogP contribution < -0.4 is 10.6 Å². The molecule has 2 fully saturated rings. The number of imide groups is 1. The van der Waals surface area contributed by atoms with Crippen molar-refractivity contribution < 1.29 is 14.0 Å². The molecule has 1 aromatic carbocycles. The summed E-state index contributed by atoms with van der Waals surface area (Å²) in [6, 6.07) is 6.21. The van der Waals surface area contributed by atoms with E-state index in [2.05, 4.69) is 22.8 Å². The van der Waals surface area contributed by atoms with Gasteiger partial charge in [0.1, 0.15) is 5.58 Å². The van der Waals surface area contributed by atoms with Crippen molar-refractivity contribution in [3.05, 3.63) is 35.6 Å². The van der Waals surface area contributed by atoms with Crippen LogP contribution in [0, 0.1) is 0 Å². The Kier molecular flexibility index (Phi) is 2.82. The average molecular weight is 284 g/mol. The Hall–Kier alpha value is -2.14. The number of nitrogens with one attached hydrogen (secondary N) is 2. The van der Waals surface area contributed by atoms with Gasteiger partial charge in [-0.25, -0.2) is 0 Å². The number of amides is 2. The zero-order chi connectivity index (χ0) is 14.4. The number of carbonyl (C=O) groups is 2. The van der Waals surface area contributed by atoms with E-state index < -0.39 is 0 Å². The first-order valence-electron chi connectivity index (χ1n) is 7.28. The largest absolute Gasteiger partial charge is 0.464 e. The Labute approximate surface area is 121 Å². The van der Waals surface area contributed by atoms with Crippen molar-refractivity contribution in [1.29, 1.82) is 0 Å². The number of benzene rings is 1. The van der Waals surface area contributed by atoms with Crippen LogP contribution in [-0.4, -0.2) is 24.9 Å². The molecule has 0 saturated carbocycles. The monoisotopic (exact) mass is 284 g/mol. The van der Waals surface area contributed by atoms with Crippen LogP contribution in [-0.2, 0) is 9.59 Å². The Morgan fingerprint density at radius 2 is 2.05 bits per heavy atom. The van der Waals surface area contributed by atoms with Crippen LogP contribution in [0.4, 0.5) is 0 Å². The molecule has 2 aliphatic heterocycles. The molecule has 0 aliphatic carbocycles. The van der Waals surface area contributed by atoms with Crippen molar-refractivity contribution >= 4 is 22.8 Å². The van der Waals surface area contributed by atoms with Gasteiger partial charge in [-0.2, -0.15) is 0 Å². The summed E-state index contributed by atoms with van der Waals surface area (Å²) < 4.78 is 5.65. The van der Waals surface area contributed by atoms with E-state index >= 15 is 0 Å². The molecule has 2 aliphatic rings. The molecular formula is C16H16N2O3. The second kappa shape index (κ2) is 4.70. The number of hydrogen-bond acceptors (Lipinski definition) is 4. The molecule has 0 radical (unpaired) electrons. The van der Waals surface area contributed by atoms with Gasteiger partial charge in [0.15, 0.2) is 0 Å². The third-order valence-corrected chi connectivity index (χ3v) is 4.50. The van der Waals surface area contributed by atoms with Crippen molar-refractivity contribution in [1.82, 2.24) is 10.6 Å². The molecule has 108 valence electrons. The summed E-state index contributed by atoms with van der Waals surface area (Å²) in [6.45, 7) is 2.01. The first-order chi connectivity index (χ1) is 10.2. The van der Waals surface area contributed by atoms with Crippen LogP contribution >= 0.6 is 0 Å². The molecule has 0 bridgehead atoms. The van der Waals surface area contributed by atoms with E-state index in [0.29, 0.717) is 18.8 Å². The van der Waals surface area contributed by atoms with Crippen molar-refractivity contribution in [2.75, 3.05) is 13.1 Å². The summed E-state index contributed by atoms with van der Waals surface area (Å²) in [7, 11) is 0. The van der Waals surface area contributed by atoms with Crippen molar-refractivity contribution in [3.8, 4) is 0 Å². The maximum absolute atomic E-state index is 12.0. The molecule has 0 spiro atoms. The summed E-state index contributed by atoms with van der Waals surface area (Å²) >= 11 is 0. The average Bonchev–Trinajstić information content (AvgIpc) is 2.80. The summed E-state index contributed by atoms with van der Waals surface area (Å²) in [5, 5.41) is 6.63. The van der Waals surface area contributed by atoms with E-state index in [4.69, 9.17) is 4.42 Å². The van der Waals surface area contributed by atoms with E-state index in [-0.39, 0.29) is 17.7 Å². The smallest absolute Gasteiger partial charge is 0.234 e. The topological polar surface area (TPSA) is 71.3 Å². The first kappa shape index (κ1) is 12.6. The Morgan fingerprint density at radius 1 is 1.19 bits per heavy atom. The number of rotatable bonds is 2. The molecule has 2 N–H and O–H groups in total. The highest BCUT2D eigenvalue weighted by molar-refractivity contribution is 6.02. The second-order valence-corrected chi connectivity index (χ2v) is 5.81. The molecule has 1 aromatic heterocycles. The molecule has 2 saturated heterocycles. The molecular weight excluding hydrogens is 268 g/mol. The maximum atomic E-state index is 12.0. The molecule has 4 rings (SSSR count). The minimum atomic E-state index is -0.292. The number of furan rings is 1. The van der Waals surface area contributed by atoms with Gasteiger partial charge in [0.2, 0.25) is 11.8 Å². The minimum Gasteiger partial charge on any atom is -0.464 e. The lowest BCUT2D eigenvalue weighted by atomic mass is 9.88. The van der Waals surface area contributed by atoms with Gasteiger partial charge >= 0.3 is 0 Å². The molecule has 1 atom stereocenters. The molecule has 5 heteroatoms. The summed E-state index contributed by atoms with van der Waals surface area (Å²) in [5.41, 5.74) is 2.97. The lowest BCUT2D eigenvalue weighted by molar-refractivity contribution is -0.134. The van der Waals surface area contributed by atoms with Crippen LogP contribution in [0.15, 0.2) is 28.9 Å². The first-order valence-corrected chi connectivity index (χ1v) is 7.28. The third-order valence-electron chi connectivity index (χ3n) is 4.50. The molecule has 5 nitrogen and oxygen atoms in total. The van der Waals surface area contributed by atoms with Crippen LogP contribution in [0.1, 0.15) is 35.8 Å². The van der Waals surface area contributed by atoms with Gasteiger partial charge in [-0.15, -0.1) is 0 Å². The summed E-state index contributed by atoms with van der Waals surface area (Å²) in [5.74, 6) is -0.149. The lowest BCUT2D eigenvalue weighted by Crippen LogP contribution is -2.39. The normalized spacial score (nSPS) is 23.1. The van der Waals surface area contributed by atoms with Crippen molar-refractivity contribution in [2.24, 2.45) is 0 Å². The highest BCUT2D eigenvalue weighted by atomic mass is 16.3. The zero-order valence-electron chi connectivity index (χ0n) is 11.5. The quantitative estimate of drug-likeness (QED) is 0.822. The van der Waals surface area contributed by atoms with Crippen molar-refractivity contribution in [3.63, 3.8) is 0 Å². The molecule has 2 amide bonds. The van der Waals surface area contributed by atoms with E-state index in [0.717, 1.165) is 29.6 Å². The summed E-state index contributed by atoms with van der Waals surface area (Å²) in [4.78, 5) is 23.2. The fraction of sp³-hybridized carbons (Fsp3) is 0.375. The Balaban J connectivity index is 1.69. The fourth-order valence-corrected chi connectivity index (χ4v) is 3.10. The number of carbonyl (C=O) groups excluding carboxylic acids is 2. The number of hydrogen-bond donors (Lipinski definition) is 2. The molecule has 1 unspecified atom stereocenters. The van der Waals surface area contributed by atoms with Crippen LogP contribution in [0.5, 0.6) is 0 Å². The van der Waals surface area contributed by atoms with Crippen LogP contribution in [0.3, 0.4) is 0 Å². The lowest BCUT2D eigenvalue weighted by Gasteiger charge is -2.27. The second-order valence-electron chi connectivity index (χ2n) is 5.81. The molecule has 3 heterocycles. The predicted octanol–water partition coefficient (Wildman–Crippen LogP) is 1.64.